The highest BCUT2D eigenvalue weighted by Gasteiger charge is 2.29. The van der Waals surface area contributed by atoms with Crippen molar-refractivity contribution >= 4 is 39.4 Å². The van der Waals surface area contributed by atoms with Crippen LogP contribution in [0.5, 0.6) is 5.75 Å². The molecule has 0 radical (unpaired) electrons. The maximum atomic E-state index is 14.2. The monoisotopic (exact) mass is 524 g/mol. The number of rotatable bonds is 9. The van der Waals surface area contributed by atoms with Crippen LogP contribution in [0.1, 0.15) is 23.2 Å². The first-order chi connectivity index (χ1) is 16.3. The maximum absolute atomic E-state index is 14.2. The zero-order valence-electron chi connectivity index (χ0n) is 19.2. The van der Waals surface area contributed by atoms with Gasteiger partial charge in [-0.1, -0.05) is 0 Å². The van der Waals surface area contributed by atoms with E-state index >= 15 is 0 Å². The number of hydrogen-bond acceptors (Lipinski definition) is 7. The number of benzene rings is 2. The minimum absolute atomic E-state index is 0. The first-order valence-electron chi connectivity index (χ1n) is 10.6. The molecule has 1 aromatic heterocycles. The second-order valence-electron chi connectivity index (χ2n) is 7.90. The van der Waals surface area contributed by atoms with Crippen molar-refractivity contribution in [2.45, 2.75) is 30.3 Å². The summed E-state index contributed by atoms with van der Waals surface area (Å²) in [4.78, 5) is 16.9. The lowest BCUT2D eigenvalue weighted by Gasteiger charge is -2.14. The average molecular weight is 525 g/mol. The molecule has 0 aliphatic heterocycles. The number of carbonyl (C=O) groups excluding carboxylic acids is 1. The molecule has 0 bridgehead atoms. The van der Waals surface area contributed by atoms with Crippen molar-refractivity contribution in [2.75, 3.05) is 20.8 Å². The Labute approximate surface area is 208 Å². The van der Waals surface area contributed by atoms with Crippen LogP contribution in [0.2, 0.25) is 0 Å². The number of allylic oxidation sites excluding steroid dienone is 1. The number of aromatic nitrogens is 2. The molecule has 9 nitrogen and oxygen atoms in total. The number of nitrogens with two attached hydrogens (primary N) is 1. The minimum Gasteiger partial charge on any atom is -0.496 e. The molecule has 3 N–H and O–H groups in total. The van der Waals surface area contributed by atoms with Crippen molar-refractivity contribution in [3.63, 3.8) is 0 Å². The lowest BCUT2D eigenvalue weighted by atomic mass is 10.00. The Morgan fingerprint density at radius 2 is 2.00 bits per heavy atom. The van der Waals surface area contributed by atoms with Gasteiger partial charge < -0.3 is 19.8 Å². The molecular formula is C23H26ClFN4O5S. The molecule has 188 valence electrons. The quantitative estimate of drug-likeness (QED) is 0.412. The molecule has 1 aliphatic carbocycles. The van der Waals surface area contributed by atoms with Crippen LogP contribution < -0.4 is 15.2 Å². The summed E-state index contributed by atoms with van der Waals surface area (Å²) in [6.07, 6.45) is 4.30. The summed E-state index contributed by atoms with van der Waals surface area (Å²) in [5.74, 6) is -0.673. The fraction of sp³-hybridized carbons (Fsp3) is 0.304. The number of sulfonamides is 1. The molecule has 1 saturated carbocycles. The summed E-state index contributed by atoms with van der Waals surface area (Å²) in [6.45, 7) is -0.0842. The number of halogens is 2. The predicted molar refractivity (Wildman–Crippen MR) is 132 cm³/mol. The Kier molecular flexibility index (Phi) is 8.16. The van der Waals surface area contributed by atoms with E-state index in [0.717, 1.165) is 12.8 Å². The van der Waals surface area contributed by atoms with Crippen LogP contribution in [0, 0.1) is 0 Å². The zero-order valence-corrected chi connectivity index (χ0v) is 20.8. The smallest absolute Gasteiger partial charge is 0.337 e. The Bertz CT molecular complexity index is 1390. The highest BCUT2D eigenvalue weighted by atomic mass is 35.5. The molecule has 0 spiro atoms. The highest BCUT2D eigenvalue weighted by molar-refractivity contribution is 7.89. The number of methoxy groups -OCH3 is 2. The molecule has 4 rings (SSSR count). The van der Waals surface area contributed by atoms with Gasteiger partial charge in [-0.2, -0.15) is 0 Å². The fourth-order valence-corrected chi connectivity index (χ4v) is 4.97. The summed E-state index contributed by atoms with van der Waals surface area (Å²) in [5.41, 5.74) is 7.36. The number of imidazole rings is 1. The number of nitrogens with one attached hydrogen (secondary N) is 1. The summed E-state index contributed by atoms with van der Waals surface area (Å²) < 4.78 is 54.4. The molecule has 0 saturated heterocycles. The van der Waals surface area contributed by atoms with Gasteiger partial charge in [-0.25, -0.2) is 27.3 Å². The first kappa shape index (κ1) is 26.6. The van der Waals surface area contributed by atoms with E-state index in [1.165, 1.54) is 43.3 Å². The fourth-order valence-electron chi connectivity index (χ4n) is 3.64. The van der Waals surface area contributed by atoms with Crippen LogP contribution in [-0.4, -0.2) is 50.7 Å². The van der Waals surface area contributed by atoms with E-state index in [1.807, 2.05) is 0 Å². The number of fused-ring (bicyclic) bond motifs is 1. The van der Waals surface area contributed by atoms with Gasteiger partial charge in [0.2, 0.25) is 10.0 Å². The van der Waals surface area contributed by atoms with E-state index in [9.17, 15) is 17.6 Å². The lowest BCUT2D eigenvalue weighted by Crippen LogP contribution is -2.25. The third-order valence-corrected chi connectivity index (χ3v) is 7.00. The molecular weight excluding hydrogens is 499 g/mol. The molecule has 2 aromatic carbocycles. The second kappa shape index (κ2) is 10.7. The van der Waals surface area contributed by atoms with Crippen molar-refractivity contribution in [3.8, 4) is 16.9 Å². The van der Waals surface area contributed by atoms with Crippen molar-refractivity contribution in [1.82, 2.24) is 14.3 Å². The van der Waals surface area contributed by atoms with Crippen LogP contribution in [0.3, 0.4) is 0 Å². The number of carbonyl (C=O) groups is 1. The van der Waals surface area contributed by atoms with E-state index in [0.29, 0.717) is 27.9 Å². The molecule has 0 unspecified atom stereocenters. The topological polar surface area (TPSA) is 126 Å². The van der Waals surface area contributed by atoms with Gasteiger partial charge in [0.05, 0.1) is 48.6 Å². The SMILES string of the molecule is COC(=O)c1cc(-c2cc(S(=O)(=O)NC3CC3)ccc2OC)c2ncn(C/C(F)=C/CN)c2c1.Cl. The molecule has 1 fully saturated rings. The van der Waals surface area contributed by atoms with Gasteiger partial charge in [0.15, 0.2) is 0 Å². The normalized spacial score (nSPS) is 14.0. The molecule has 1 heterocycles. The van der Waals surface area contributed by atoms with Gasteiger partial charge in [0.25, 0.3) is 0 Å². The molecule has 0 amide bonds. The number of ether oxygens (including phenoxy) is 2. The van der Waals surface area contributed by atoms with Gasteiger partial charge in [-0.3, -0.25) is 0 Å². The second-order valence-corrected chi connectivity index (χ2v) is 9.61. The summed E-state index contributed by atoms with van der Waals surface area (Å²) in [7, 11) is -1.03. The standard InChI is InChI=1S/C23H25FN4O5S.ClH/c1-32-21-6-5-17(34(30,31)27-16-3-4-16)11-18(21)19-9-14(23(29)33-2)10-20-22(19)26-13-28(20)12-15(24)7-8-25;/h5-7,9-11,13,16,27H,3-4,8,12,25H2,1-2H3;1H/b15-7-;. The number of nitrogens with zero attached hydrogens (tertiary/aromatic N) is 2. The number of esters is 1. The predicted octanol–water partition coefficient (Wildman–Crippen LogP) is 3.17. The van der Waals surface area contributed by atoms with E-state index in [4.69, 9.17) is 15.2 Å². The summed E-state index contributed by atoms with van der Waals surface area (Å²) >= 11 is 0. The van der Waals surface area contributed by atoms with E-state index in [-0.39, 0.29) is 42.0 Å². The van der Waals surface area contributed by atoms with Crippen LogP contribution in [0.25, 0.3) is 22.2 Å². The van der Waals surface area contributed by atoms with E-state index in [1.54, 1.807) is 18.2 Å². The van der Waals surface area contributed by atoms with Gasteiger partial charge in [0, 0.05) is 23.7 Å². The third-order valence-electron chi connectivity index (χ3n) is 5.48. The Morgan fingerprint density at radius 1 is 1.26 bits per heavy atom. The number of hydrogen-bond donors (Lipinski definition) is 2. The summed E-state index contributed by atoms with van der Waals surface area (Å²) in [5, 5.41) is 0. The van der Waals surface area contributed by atoms with E-state index < -0.39 is 21.8 Å². The third kappa shape index (κ3) is 5.64. The molecule has 0 atom stereocenters. The van der Waals surface area contributed by atoms with Crippen molar-refractivity contribution < 1.29 is 27.1 Å². The van der Waals surface area contributed by atoms with Crippen LogP contribution in [-0.2, 0) is 21.3 Å². The average Bonchev–Trinajstić information content (AvgIpc) is 3.54. The van der Waals surface area contributed by atoms with Crippen LogP contribution >= 0.6 is 12.4 Å². The lowest BCUT2D eigenvalue weighted by molar-refractivity contribution is 0.0601. The Morgan fingerprint density at radius 3 is 2.63 bits per heavy atom. The van der Waals surface area contributed by atoms with Crippen molar-refractivity contribution in [3.05, 3.63) is 54.1 Å². The van der Waals surface area contributed by atoms with Gasteiger partial charge in [-0.05, 0) is 49.2 Å². The molecule has 3 aromatic rings. The first-order valence-corrected chi connectivity index (χ1v) is 12.1. The van der Waals surface area contributed by atoms with Gasteiger partial charge in [-0.15, -0.1) is 12.4 Å². The highest BCUT2D eigenvalue weighted by Crippen LogP contribution is 2.37. The zero-order chi connectivity index (χ0) is 24.5. The van der Waals surface area contributed by atoms with Crippen molar-refractivity contribution in [1.29, 1.82) is 0 Å². The van der Waals surface area contributed by atoms with E-state index in [2.05, 4.69) is 9.71 Å². The maximum Gasteiger partial charge on any atom is 0.337 e. The van der Waals surface area contributed by atoms with Gasteiger partial charge in [0.1, 0.15) is 11.6 Å². The molecule has 12 heteroatoms. The van der Waals surface area contributed by atoms with Crippen molar-refractivity contribution in [2.24, 2.45) is 5.73 Å². The molecule has 1 aliphatic rings. The van der Waals surface area contributed by atoms with Crippen LogP contribution in [0.4, 0.5) is 4.39 Å². The summed E-state index contributed by atoms with van der Waals surface area (Å²) in [6, 6.07) is 7.54. The molecule has 35 heavy (non-hydrogen) atoms. The Hall–Kier alpha value is -2.99. The largest absolute Gasteiger partial charge is 0.496 e. The van der Waals surface area contributed by atoms with Crippen LogP contribution in [0.15, 0.2) is 53.5 Å². The van der Waals surface area contributed by atoms with Gasteiger partial charge >= 0.3 is 5.97 Å². The Balaban J connectivity index is 0.00000342. The minimum atomic E-state index is -3.75.